The molecule has 0 saturated heterocycles. The van der Waals surface area contributed by atoms with Crippen LogP contribution in [0.4, 0.5) is 4.39 Å². The maximum Gasteiger partial charge on any atom is 0.147 e. The van der Waals surface area contributed by atoms with Crippen molar-refractivity contribution < 1.29 is 9.18 Å². The largest absolute Gasteiger partial charge is 0.298 e. The van der Waals surface area contributed by atoms with Gasteiger partial charge in [0.05, 0.1) is 5.75 Å². The van der Waals surface area contributed by atoms with Crippen LogP contribution >= 0.6 is 23.4 Å². The van der Waals surface area contributed by atoms with Crippen LogP contribution in [0.25, 0.3) is 0 Å². The van der Waals surface area contributed by atoms with Crippen LogP contribution in [0, 0.1) is 11.7 Å². The maximum atomic E-state index is 12.8. The number of halogens is 2. The second-order valence-corrected chi connectivity index (χ2v) is 5.80. The smallest absolute Gasteiger partial charge is 0.147 e. The first-order chi connectivity index (χ1) is 7.99. The monoisotopic (exact) mass is 274 g/mol. The number of rotatable bonds is 6. The third kappa shape index (κ3) is 5.55. The summed E-state index contributed by atoms with van der Waals surface area (Å²) >= 11 is 7.49. The average Bonchev–Trinajstić information content (AvgIpc) is 2.21. The van der Waals surface area contributed by atoms with Gasteiger partial charge in [0.1, 0.15) is 11.6 Å². The van der Waals surface area contributed by atoms with Gasteiger partial charge < -0.3 is 0 Å². The van der Waals surface area contributed by atoms with Gasteiger partial charge in [-0.2, -0.15) is 11.8 Å². The summed E-state index contributed by atoms with van der Waals surface area (Å²) in [5.74, 6) is 1.81. The predicted octanol–water partition coefficient (Wildman–Crippen LogP) is 3.98. The zero-order valence-corrected chi connectivity index (χ0v) is 11.6. The van der Waals surface area contributed by atoms with Crippen molar-refractivity contribution in [3.05, 3.63) is 34.6 Å². The van der Waals surface area contributed by atoms with Gasteiger partial charge in [-0.05, 0) is 29.4 Å². The predicted molar refractivity (Wildman–Crippen MR) is 72.3 cm³/mol. The molecule has 0 unspecified atom stereocenters. The third-order valence-electron chi connectivity index (χ3n) is 2.12. The first-order valence-electron chi connectivity index (χ1n) is 5.52. The molecule has 1 aromatic carbocycles. The van der Waals surface area contributed by atoms with Crippen molar-refractivity contribution in [2.75, 3.05) is 11.5 Å². The van der Waals surface area contributed by atoms with Gasteiger partial charge in [-0.15, -0.1) is 0 Å². The zero-order chi connectivity index (χ0) is 12.8. The van der Waals surface area contributed by atoms with E-state index in [1.807, 2.05) is 0 Å². The Bertz CT molecular complexity index is 393. The molecule has 0 aromatic heterocycles. The Kier molecular flexibility index (Phi) is 6.00. The van der Waals surface area contributed by atoms with Crippen molar-refractivity contribution in [3.63, 3.8) is 0 Å². The molecule has 17 heavy (non-hydrogen) atoms. The molecular formula is C13H16ClFOS. The van der Waals surface area contributed by atoms with Crippen LogP contribution in [0.1, 0.15) is 19.4 Å². The van der Waals surface area contributed by atoms with Crippen molar-refractivity contribution in [1.29, 1.82) is 0 Å². The van der Waals surface area contributed by atoms with E-state index in [1.165, 1.54) is 12.1 Å². The summed E-state index contributed by atoms with van der Waals surface area (Å²) in [6.45, 7) is 4.24. The Hall–Kier alpha value is -0.540. The van der Waals surface area contributed by atoms with Gasteiger partial charge in [0.2, 0.25) is 0 Å². The van der Waals surface area contributed by atoms with Crippen molar-refractivity contribution >= 4 is 29.1 Å². The van der Waals surface area contributed by atoms with Gasteiger partial charge in [-0.1, -0.05) is 31.5 Å². The molecule has 0 aliphatic rings. The van der Waals surface area contributed by atoms with Gasteiger partial charge in [-0.3, -0.25) is 4.79 Å². The second-order valence-electron chi connectivity index (χ2n) is 4.36. The van der Waals surface area contributed by atoms with Crippen LogP contribution in [0.5, 0.6) is 0 Å². The molecule has 1 rings (SSSR count). The zero-order valence-electron chi connectivity index (χ0n) is 10.0. The number of carbonyl (C=O) groups excluding carboxylic acids is 1. The lowest BCUT2D eigenvalue weighted by atomic mass is 10.1. The Morgan fingerprint density at radius 3 is 2.76 bits per heavy atom. The van der Waals surface area contributed by atoms with E-state index >= 15 is 0 Å². The van der Waals surface area contributed by atoms with Gasteiger partial charge in [-0.25, -0.2) is 4.39 Å². The molecule has 0 fully saturated rings. The minimum Gasteiger partial charge on any atom is -0.298 e. The van der Waals surface area contributed by atoms with Crippen molar-refractivity contribution in [2.24, 2.45) is 5.92 Å². The third-order valence-corrected chi connectivity index (χ3v) is 3.90. The molecule has 0 aliphatic carbocycles. The number of ketones is 1. The lowest BCUT2D eigenvalue weighted by molar-refractivity contribution is -0.116. The second kappa shape index (κ2) is 7.02. The van der Waals surface area contributed by atoms with E-state index in [4.69, 9.17) is 11.6 Å². The van der Waals surface area contributed by atoms with E-state index in [-0.39, 0.29) is 18.0 Å². The number of hydrogen-bond acceptors (Lipinski definition) is 2. The van der Waals surface area contributed by atoms with Crippen LogP contribution in [0.15, 0.2) is 18.2 Å². The maximum absolute atomic E-state index is 12.8. The van der Waals surface area contributed by atoms with Gasteiger partial charge in [0.15, 0.2) is 0 Å². The van der Waals surface area contributed by atoms with Crippen molar-refractivity contribution in [2.45, 2.75) is 20.3 Å². The summed E-state index contributed by atoms with van der Waals surface area (Å²) in [6, 6.07) is 4.14. The lowest BCUT2D eigenvalue weighted by Crippen LogP contribution is -2.07. The Labute approximate surface area is 111 Å². The molecule has 0 radical (unpaired) electrons. The molecule has 1 aromatic rings. The molecule has 1 nitrogen and oxygen atoms in total. The summed E-state index contributed by atoms with van der Waals surface area (Å²) in [4.78, 5) is 11.7. The summed E-state index contributed by atoms with van der Waals surface area (Å²) in [5.41, 5.74) is 0.697. The first kappa shape index (κ1) is 14.5. The molecular weight excluding hydrogens is 259 g/mol. The van der Waals surface area contributed by atoms with E-state index in [0.29, 0.717) is 22.3 Å². The normalized spacial score (nSPS) is 10.9. The Morgan fingerprint density at radius 2 is 2.18 bits per heavy atom. The van der Waals surface area contributed by atoms with Gasteiger partial charge in [0, 0.05) is 11.4 Å². The lowest BCUT2D eigenvalue weighted by Gasteiger charge is -2.05. The number of benzene rings is 1. The number of carbonyl (C=O) groups is 1. The number of hydrogen-bond donors (Lipinski definition) is 0. The molecule has 0 amide bonds. The van der Waals surface area contributed by atoms with Crippen LogP contribution in [-0.2, 0) is 11.2 Å². The molecule has 0 N–H and O–H groups in total. The van der Waals surface area contributed by atoms with Crippen LogP contribution in [-0.4, -0.2) is 17.3 Å². The van der Waals surface area contributed by atoms with Crippen LogP contribution in [0.2, 0.25) is 5.02 Å². The molecule has 0 heterocycles. The van der Waals surface area contributed by atoms with E-state index in [1.54, 1.807) is 17.8 Å². The number of Topliss-reactive ketones (excluding diaryl/α,β-unsaturated/α-hetero) is 1. The fourth-order valence-electron chi connectivity index (χ4n) is 1.34. The van der Waals surface area contributed by atoms with E-state index in [0.717, 1.165) is 5.75 Å². The fourth-order valence-corrected chi connectivity index (χ4v) is 2.49. The molecule has 0 saturated carbocycles. The van der Waals surface area contributed by atoms with E-state index in [9.17, 15) is 9.18 Å². The van der Waals surface area contributed by atoms with E-state index in [2.05, 4.69) is 13.8 Å². The first-order valence-corrected chi connectivity index (χ1v) is 7.05. The topological polar surface area (TPSA) is 17.1 Å². The SMILES string of the molecule is CC(C)CSCC(=O)Cc1ccc(F)cc1Cl. The van der Waals surface area contributed by atoms with Gasteiger partial charge >= 0.3 is 0 Å². The quantitative estimate of drug-likeness (QED) is 0.780. The highest BCUT2D eigenvalue weighted by Gasteiger charge is 2.08. The molecule has 0 bridgehead atoms. The molecule has 0 aliphatic heterocycles. The van der Waals surface area contributed by atoms with E-state index < -0.39 is 0 Å². The highest BCUT2D eigenvalue weighted by Crippen LogP contribution is 2.18. The Balaban J connectivity index is 2.45. The highest BCUT2D eigenvalue weighted by atomic mass is 35.5. The van der Waals surface area contributed by atoms with Crippen LogP contribution < -0.4 is 0 Å². The molecule has 94 valence electrons. The average molecular weight is 275 g/mol. The number of thioether (sulfide) groups is 1. The standard InChI is InChI=1S/C13H16ClFOS/c1-9(2)7-17-8-12(16)5-10-3-4-11(15)6-13(10)14/h3-4,6,9H,5,7-8H2,1-2H3. The Morgan fingerprint density at radius 1 is 1.47 bits per heavy atom. The summed E-state index contributed by atoms with van der Waals surface area (Å²) in [7, 11) is 0. The van der Waals surface area contributed by atoms with Crippen molar-refractivity contribution in [3.8, 4) is 0 Å². The molecule has 4 heteroatoms. The molecule has 0 atom stereocenters. The van der Waals surface area contributed by atoms with Crippen LogP contribution in [0.3, 0.4) is 0 Å². The summed E-state index contributed by atoms with van der Waals surface area (Å²) in [5, 5.41) is 0.326. The minimum atomic E-state index is -0.375. The molecule has 0 spiro atoms. The summed E-state index contributed by atoms with van der Waals surface area (Å²) in [6.07, 6.45) is 0.282. The minimum absolute atomic E-state index is 0.129. The summed E-state index contributed by atoms with van der Waals surface area (Å²) < 4.78 is 12.8. The highest BCUT2D eigenvalue weighted by molar-refractivity contribution is 7.99. The van der Waals surface area contributed by atoms with Gasteiger partial charge in [0.25, 0.3) is 0 Å². The van der Waals surface area contributed by atoms with Crippen molar-refractivity contribution in [1.82, 2.24) is 0 Å². The fraction of sp³-hybridized carbons (Fsp3) is 0.462.